The standard InChI is InChI=1S/C12H18N2O3/c1-8(2)14-12(17)7-13-6-9-3-4-10(15)11(16)5-9/h3-5,8,13,15-16H,6-7H2,1-2H3,(H,14,17). The summed E-state index contributed by atoms with van der Waals surface area (Å²) in [5.41, 5.74) is 0.803. The van der Waals surface area contributed by atoms with Crippen LogP contribution in [0.4, 0.5) is 0 Å². The second-order valence-corrected chi connectivity index (χ2v) is 4.15. The molecule has 0 radical (unpaired) electrons. The zero-order valence-electron chi connectivity index (χ0n) is 10.0. The Bertz CT molecular complexity index is 391. The van der Waals surface area contributed by atoms with E-state index in [2.05, 4.69) is 10.6 Å². The molecule has 0 aromatic heterocycles. The number of hydrogen-bond acceptors (Lipinski definition) is 4. The lowest BCUT2D eigenvalue weighted by Gasteiger charge is -2.09. The Morgan fingerprint density at radius 3 is 2.59 bits per heavy atom. The summed E-state index contributed by atoms with van der Waals surface area (Å²) in [5, 5.41) is 24.1. The predicted octanol–water partition coefficient (Wildman–Crippen LogP) is 0.712. The van der Waals surface area contributed by atoms with E-state index in [1.807, 2.05) is 13.8 Å². The van der Waals surface area contributed by atoms with Crippen molar-refractivity contribution in [1.82, 2.24) is 10.6 Å². The normalized spacial score (nSPS) is 10.5. The fraction of sp³-hybridized carbons (Fsp3) is 0.417. The minimum absolute atomic E-state index is 0.0667. The molecule has 17 heavy (non-hydrogen) atoms. The van der Waals surface area contributed by atoms with E-state index >= 15 is 0 Å². The van der Waals surface area contributed by atoms with Crippen LogP contribution in [0.2, 0.25) is 0 Å². The molecule has 0 unspecified atom stereocenters. The largest absolute Gasteiger partial charge is 0.504 e. The van der Waals surface area contributed by atoms with Gasteiger partial charge in [0, 0.05) is 12.6 Å². The minimum atomic E-state index is -0.157. The van der Waals surface area contributed by atoms with Gasteiger partial charge in [-0.3, -0.25) is 4.79 Å². The van der Waals surface area contributed by atoms with E-state index in [1.165, 1.54) is 12.1 Å². The van der Waals surface area contributed by atoms with Crippen LogP contribution in [0.3, 0.4) is 0 Å². The molecule has 0 atom stereocenters. The van der Waals surface area contributed by atoms with Crippen LogP contribution in [0.1, 0.15) is 19.4 Å². The zero-order chi connectivity index (χ0) is 12.8. The molecule has 1 aromatic rings. The summed E-state index contributed by atoms with van der Waals surface area (Å²) < 4.78 is 0. The van der Waals surface area contributed by atoms with Gasteiger partial charge in [-0.05, 0) is 31.5 Å². The van der Waals surface area contributed by atoms with Crippen molar-refractivity contribution in [3.8, 4) is 11.5 Å². The summed E-state index contributed by atoms with van der Waals surface area (Å²) in [7, 11) is 0. The quantitative estimate of drug-likeness (QED) is 0.569. The van der Waals surface area contributed by atoms with Gasteiger partial charge in [0.05, 0.1) is 6.54 Å². The van der Waals surface area contributed by atoms with Gasteiger partial charge < -0.3 is 20.8 Å². The molecule has 5 nitrogen and oxygen atoms in total. The highest BCUT2D eigenvalue weighted by Crippen LogP contribution is 2.24. The minimum Gasteiger partial charge on any atom is -0.504 e. The number of aromatic hydroxyl groups is 2. The molecule has 0 spiro atoms. The molecular formula is C12H18N2O3. The first-order valence-corrected chi connectivity index (χ1v) is 5.50. The molecule has 5 heteroatoms. The number of rotatable bonds is 5. The van der Waals surface area contributed by atoms with Crippen molar-refractivity contribution < 1.29 is 15.0 Å². The van der Waals surface area contributed by atoms with Crippen molar-refractivity contribution in [3.05, 3.63) is 23.8 Å². The Labute approximate surface area is 100 Å². The van der Waals surface area contributed by atoms with Crippen LogP contribution in [0.25, 0.3) is 0 Å². The van der Waals surface area contributed by atoms with Gasteiger partial charge in [0.1, 0.15) is 0 Å². The SMILES string of the molecule is CC(C)NC(=O)CNCc1ccc(O)c(O)c1. The van der Waals surface area contributed by atoms with Gasteiger partial charge in [0.15, 0.2) is 11.5 Å². The lowest BCUT2D eigenvalue weighted by atomic mass is 10.2. The van der Waals surface area contributed by atoms with Gasteiger partial charge in [-0.2, -0.15) is 0 Å². The third-order valence-electron chi connectivity index (χ3n) is 2.10. The number of hydrogen-bond donors (Lipinski definition) is 4. The molecule has 1 amide bonds. The molecule has 0 aliphatic rings. The molecule has 94 valence electrons. The van der Waals surface area contributed by atoms with Crippen molar-refractivity contribution in [3.63, 3.8) is 0 Å². The maximum absolute atomic E-state index is 11.3. The monoisotopic (exact) mass is 238 g/mol. The Morgan fingerprint density at radius 1 is 1.29 bits per heavy atom. The van der Waals surface area contributed by atoms with E-state index in [-0.39, 0.29) is 30.0 Å². The van der Waals surface area contributed by atoms with Gasteiger partial charge in [0.2, 0.25) is 5.91 Å². The first-order chi connectivity index (χ1) is 7.99. The highest BCUT2D eigenvalue weighted by Gasteiger charge is 2.03. The molecule has 0 aliphatic carbocycles. The molecule has 1 rings (SSSR count). The maximum Gasteiger partial charge on any atom is 0.234 e. The second kappa shape index (κ2) is 6.10. The first-order valence-electron chi connectivity index (χ1n) is 5.50. The fourth-order valence-corrected chi connectivity index (χ4v) is 1.37. The number of carbonyl (C=O) groups excluding carboxylic acids is 1. The summed E-state index contributed by atoms with van der Waals surface area (Å²) in [4.78, 5) is 11.3. The van der Waals surface area contributed by atoms with Crippen molar-refractivity contribution >= 4 is 5.91 Å². The van der Waals surface area contributed by atoms with E-state index in [0.29, 0.717) is 6.54 Å². The van der Waals surface area contributed by atoms with Crippen LogP contribution in [0.5, 0.6) is 11.5 Å². The summed E-state index contributed by atoms with van der Waals surface area (Å²) >= 11 is 0. The maximum atomic E-state index is 11.3. The number of carbonyl (C=O) groups is 1. The Kier molecular flexibility index (Phi) is 4.78. The smallest absolute Gasteiger partial charge is 0.234 e. The van der Waals surface area contributed by atoms with E-state index in [0.717, 1.165) is 5.56 Å². The lowest BCUT2D eigenvalue weighted by molar-refractivity contribution is -0.120. The van der Waals surface area contributed by atoms with Crippen LogP contribution in [-0.2, 0) is 11.3 Å². The molecule has 0 heterocycles. The third-order valence-corrected chi connectivity index (χ3v) is 2.10. The van der Waals surface area contributed by atoms with Gasteiger partial charge in [-0.1, -0.05) is 6.07 Å². The highest BCUT2D eigenvalue weighted by molar-refractivity contribution is 5.78. The Hall–Kier alpha value is -1.75. The number of amides is 1. The van der Waals surface area contributed by atoms with Gasteiger partial charge in [-0.25, -0.2) is 0 Å². The third kappa shape index (κ3) is 4.74. The first kappa shape index (κ1) is 13.3. The molecule has 4 N–H and O–H groups in total. The fourth-order valence-electron chi connectivity index (χ4n) is 1.37. The summed E-state index contributed by atoms with van der Waals surface area (Å²) in [6.07, 6.45) is 0. The molecule has 0 aliphatic heterocycles. The summed E-state index contributed by atoms with van der Waals surface area (Å²) in [6.45, 7) is 4.48. The molecule has 0 saturated carbocycles. The number of benzene rings is 1. The van der Waals surface area contributed by atoms with Crippen molar-refractivity contribution in [2.75, 3.05) is 6.54 Å². The molecule has 0 saturated heterocycles. The Balaban J connectivity index is 2.36. The Morgan fingerprint density at radius 2 is 2.00 bits per heavy atom. The van der Waals surface area contributed by atoms with E-state index in [1.54, 1.807) is 6.07 Å². The topological polar surface area (TPSA) is 81.6 Å². The molecule has 1 aromatic carbocycles. The predicted molar refractivity (Wildman–Crippen MR) is 64.8 cm³/mol. The number of nitrogens with one attached hydrogen (secondary N) is 2. The van der Waals surface area contributed by atoms with Crippen LogP contribution < -0.4 is 10.6 Å². The van der Waals surface area contributed by atoms with Crippen molar-refractivity contribution in [2.45, 2.75) is 26.4 Å². The second-order valence-electron chi connectivity index (χ2n) is 4.15. The average Bonchev–Trinajstić information content (AvgIpc) is 2.22. The van der Waals surface area contributed by atoms with Crippen LogP contribution in [0, 0.1) is 0 Å². The zero-order valence-corrected chi connectivity index (χ0v) is 10.0. The van der Waals surface area contributed by atoms with Crippen LogP contribution >= 0.6 is 0 Å². The molecular weight excluding hydrogens is 220 g/mol. The van der Waals surface area contributed by atoms with Crippen LogP contribution in [-0.4, -0.2) is 28.7 Å². The van der Waals surface area contributed by atoms with Gasteiger partial charge in [0.25, 0.3) is 0 Å². The van der Waals surface area contributed by atoms with Crippen LogP contribution in [0.15, 0.2) is 18.2 Å². The van der Waals surface area contributed by atoms with E-state index < -0.39 is 0 Å². The highest BCUT2D eigenvalue weighted by atomic mass is 16.3. The van der Waals surface area contributed by atoms with Gasteiger partial charge in [-0.15, -0.1) is 0 Å². The average molecular weight is 238 g/mol. The van der Waals surface area contributed by atoms with Crippen molar-refractivity contribution in [2.24, 2.45) is 0 Å². The van der Waals surface area contributed by atoms with Crippen molar-refractivity contribution in [1.29, 1.82) is 0 Å². The molecule has 0 bridgehead atoms. The summed E-state index contributed by atoms with van der Waals surface area (Å²) in [6, 6.07) is 4.69. The van der Waals surface area contributed by atoms with E-state index in [9.17, 15) is 9.90 Å². The molecule has 0 fully saturated rings. The van der Waals surface area contributed by atoms with Gasteiger partial charge >= 0.3 is 0 Å². The summed E-state index contributed by atoms with van der Waals surface area (Å²) in [5.74, 6) is -0.370. The lowest BCUT2D eigenvalue weighted by Crippen LogP contribution is -2.37. The van der Waals surface area contributed by atoms with E-state index in [4.69, 9.17) is 5.11 Å². The number of phenolic OH excluding ortho intramolecular Hbond substituents is 2. The number of phenols is 2.